The average molecular weight is 324 g/mol. The van der Waals surface area contributed by atoms with Crippen LogP contribution in [0.4, 0.5) is 0 Å². The normalized spacial score (nSPS) is 17.8. The molecular formula is C20H20O4. The standard InChI is InChI=1S/C20H20O4/c1-23-19-11-8-14-4-2-3-5-17(21)18(22)12-15-6-9-16(10-7-15)24-20(19)13-14/h2,4,6-11,13,18,22H,3,5,12H2,1H3/t18-/m1/s1. The minimum absolute atomic E-state index is 0.134. The van der Waals surface area contributed by atoms with E-state index in [1.807, 2.05) is 54.6 Å². The van der Waals surface area contributed by atoms with E-state index >= 15 is 0 Å². The summed E-state index contributed by atoms with van der Waals surface area (Å²) in [5.41, 5.74) is 1.86. The fourth-order valence-corrected chi connectivity index (χ4v) is 2.65. The first kappa shape index (κ1) is 16.3. The van der Waals surface area contributed by atoms with Crippen LogP contribution in [0.2, 0.25) is 0 Å². The summed E-state index contributed by atoms with van der Waals surface area (Å²) in [5, 5.41) is 10.0. The first-order valence-corrected chi connectivity index (χ1v) is 7.98. The number of Topliss-reactive ketones (excluding diaryl/α,β-unsaturated/α-hetero) is 1. The molecule has 4 bridgehead atoms. The van der Waals surface area contributed by atoms with E-state index in [1.54, 1.807) is 7.11 Å². The predicted molar refractivity (Wildman–Crippen MR) is 92.5 cm³/mol. The molecule has 0 radical (unpaired) electrons. The molecule has 0 unspecified atom stereocenters. The van der Waals surface area contributed by atoms with Crippen molar-refractivity contribution in [2.45, 2.75) is 25.4 Å². The number of methoxy groups -OCH3 is 1. The monoisotopic (exact) mass is 324 g/mol. The largest absolute Gasteiger partial charge is 0.493 e. The van der Waals surface area contributed by atoms with Crippen molar-refractivity contribution >= 4 is 11.9 Å². The van der Waals surface area contributed by atoms with Gasteiger partial charge in [-0.3, -0.25) is 4.79 Å². The quantitative estimate of drug-likeness (QED) is 0.867. The summed E-state index contributed by atoms with van der Waals surface area (Å²) in [7, 11) is 1.61. The highest BCUT2D eigenvalue weighted by atomic mass is 16.5. The van der Waals surface area contributed by atoms with Crippen molar-refractivity contribution in [1.29, 1.82) is 0 Å². The van der Waals surface area contributed by atoms with Gasteiger partial charge in [-0.2, -0.15) is 0 Å². The Morgan fingerprint density at radius 2 is 1.96 bits per heavy atom. The van der Waals surface area contributed by atoms with Crippen LogP contribution in [0.5, 0.6) is 17.2 Å². The smallest absolute Gasteiger partial charge is 0.169 e. The number of ether oxygens (including phenoxy) is 2. The minimum Gasteiger partial charge on any atom is -0.493 e. The SMILES string of the molecule is COc1ccc2cc1Oc1ccc(cc1)C[C@@H](O)C(=O)CCC=C2. The second-order valence-electron chi connectivity index (χ2n) is 5.78. The molecule has 0 fully saturated rings. The molecule has 2 heterocycles. The number of hydrogen-bond acceptors (Lipinski definition) is 4. The molecule has 4 rings (SSSR count). The maximum atomic E-state index is 12.0. The number of aliphatic hydroxyl groups is 1. The van der Waals surface area contributed by atoms with Crippen LogP contribution < -0.4 is 9.47 Å². The second kappa shape index (κ2) is 7.32. The molecule has 24 heavy (non-hydrogen) atoms. The molecular weight excluding hydrogens is 304 g/mol. The lowest BCUT2D eigenvalue weighted by molar-refractivity contribution is -0.126. The highest BCUT2D eigenvalue weighted by Crippen LogP contribution is 2.33. The number of carbonyl (C=O) groups is 1. The van der Waals surface area contributed by atoms with Gasteiger partial charge in [0.2, 0.25) is 0 Å². The van der Waals surface area contributed by atoms with Gasteiger partial charge in [0, 0.05) is 12.8 Å². The van der Waals surface area contributed by atoms with Gasteiger partial charge in [0.15, 0.2) is 17.3 Å². The lowest BCUT2D eigenvalue weighted by atomic mass is 10.0. The van der Waals surface area contributed by atoms with Crippen molar-refractivity contribution in [2.24, 2.45) is 0 Å². The van der Waals surface area contributed by atoms with E-state index in [0.717, 1.165) is 11.1 Å². The van der Waals surface area contributed by atoms with Crippen LogP contribution >= 0.6 is 0 Å². The highest BCUT2D eigenvalue weighted by Gasteiger charge is 2.15. The number of rotatable bonds is 1. The summed E-state index contributed by atoms with van der Waals surface area (Å²) in [5.74, 6) is 1.84. The molecule has 2 aromatic rings. The molecule has 4 heteroatoms. The molecule has 4 nitrogen and oxygen atoms in total. The van der Waals surface area contributed by atoms with Gasteiger partial charge in [0.25, 0.3) is 0 Å². The zero-order valence-corrected chi connectivity index (χ0v) is 13.6. The van der Waals surface area contributed by atoms with Crippen LogP contribution in [0.1, 0.15) is 24.0 Å². The third-order valence-corrected chi connectivity index (χ3v) is 4.01. The van der Waals surface area contributed by atoms with Gasteiger partial charge >= 0.3 is 0 Å². The zero-order chi connectivity index (χ0) is 16.9. The molecule has 0 aliphatic carbocycles. The molecule has 0 saturated carbocycles. The summed E-state index contributed by atoms with van der Waals surface area (Å²) in [6, 6.07) is 13.1. The van der Waals surface area contributed by atoms with Gasteiger partial charge < -0.3 is 14.6 Å². The van der Waals surface area contributed by atoms with Gasteiger partial charge in [-0.1, -0.05) is 30.4 Å². The number of aliphatic hydroxyl groups excluding tert-OH is 1. The van der Waals surface area contributed by atoms with E-state index in [4.69, 9.17) is 9.47 Å². The molecule has 2 aliphatic rings. The average Bonchev–Trinajstić information content (AvgIpc) is 2.60. The van der Waals surface area contributed by atoms with Gasteiger partial charge in [0.05, 0.1) is 7.11 Å². The van der Waals surface area contributed by atoms with Gasteiger partial charge in [-0.25, -0.2) is 0 Å². The molecule has 2 aliphatic heterocycles. The first-order valence-electron chi connectivity index (χ1n) is 7.98. The topological polar surface area (TPSA) is 55.8 Å². The summed E-state index contributed by atoms with van der Waals surface area (Å²) >= 11 is 0. The second-order valence-corrected chi connectivity index (χ2v) is 5.78. The fraction of sp³-hybridized carbons (Fsp3) is 0.250. The molecule has 1 atom stereocenters. The summed E-state index contributed by atoms with van der Waals surface area (Å²) in [6.07, 6.45) is 4.15. The van der Waals surface area contributed by atoms with E-state index < -0.39 is 6.10 Å². The molecule has 0 amide bonds. The van der Waals surface area contributed by atoms with E-state index in [-0.39, 0.29) is 5.78 Å². The van der Waals surface area contributed by atoms with Crippen molar-refractivity contribution in [2.75, 3.05) is 7.11 Å². The van der Waals surface area contributed by atoms with Crippen LogP contribution in [-0.2, 0) is 11.2 Å². The number of carbonyl (C=O) groups excluding carboxylic acids is 1. The minimum atomic E-state index is -0.962. The maximum absolute atomic E-state index is 12.0. The number of benzene rings is 2. The van der Waals surface area contributed by atoms with Crippen LogP contribution in [-0.4, -0.2) is 24.1 Å². The summed E-state index contributed by atoms with van der Waals surface area (Å²) < 4.78 is 11.3. The lowest BCUT2D eigenvalue weighted by Crippen LogP contribution is -2.22. The van der Waals surface area contributed by atoms with Crippen molar-refractivity contribution in [3.8, 4) is 17.2 Å². The third kappa shape index (κ3) is 3.84. The Balaban J connectivity index is 1.97. The lowest BCUT2D eigenvalue weighted by Gasteiger charge is -2.12. The Hall–Kier alpha value is -2.59. The summed E-state index contributed by atoms with van der Waals surface area (Å²) in [4.78, 5) is 12.0. The van der Waals surface area contributed by atoms with Gasteiger partial charge in [-0.05, 0) is 41.8 Å². The Morgan fingerprint density at radius 1 is 1.17 bits per heavy atom. The predicted octanol–water partition coefficient (Wildman–Crippen LogP) is 3.77. The fourth-order valence-electron chi connectivity index (χ4n) is 2.65. The number of hydrogen-bond donors (Lipinski definition) is 1. The Morgan fingerprint density at radius 3 is 2.71 bits per heavy atom. The number of ketones is 1. The van der Waals surface area contributed by atoms with Gasteiger partial charge in [0.1, 0.15) is 11.9 Å². The Labute approximate surface area is 141 Å². The van der Waals surface area contributed by atoms with Crippen LogP contribution in [0.15, 0.2) is 48.5 Å². The highest BCUT2D eigenvalue weighted by molar-refractivity contribution is 5.83. The number of allylic oxidation sites excluding steroid dienone is 1. The van der Waals surface area contributed by atoms with Crippen LogP contribution in [0.25, 0.3) is 6.08 Å². The van der Waals surface area contributed by atoms with Crippen LogP contribution in [0.3, 0.4) is 0 Å². The molecule has 0 saturated heterocycles. The molecule has 1 N–H and O–H groups in total. The Kier molecular flexibility index (Phi) is 4.96. The molecule has 124 valence electrons. The Bertz CT molecular complexity index is 747. The molecule has 0 spiro atoms. The third-order valence-electron chi connectivity index (χ3n) is 4.01. The van der Waals surface area contributed by atoms with Crippen molar-refractivity contribution in [3.05, 3.63) is 59.7 Å². The van der Waals surface area contributed by atoms with E-state index in [9.17, 15) is 9.90 Å². The zero-order valence-electron chi connectivity index (χ0n) is 13.6. The first-order chi connectivity index (χ1) is 11.7. The van der Waals surface area contributed by atoms with Crippen molar-refractivity contribution in [1.82, 2.24) is 0 Å². The van der Waals surface area contributed by atoms with E-state index in [1.165, 1.54) is 0 Å². The van der Waals surface area contributed by atoms with Crippen LogP contribution in [0, 0.1) is 0 Å². The van der Waals surface area contributed by atoms with Gasteiger partial charge in [-0.15, -0.1) is 0 Å². The molecule has 0 aromatic heterocycles. The van der Waals surface area contributed by atoms with Crippen molar-refractivity contribution < 1.29 is 19.4 Å². The van der Waals surface area contributed by atoms with E-state index in [2.05, 4.69) is 0 Å². The van der Waals surface area contributed by atoms with Crippen molar-refractivity contribution in [3.63, 3.8) is 0 Å². The maximum Gasteiger partial charge on any atom is 0.169 e. The van der Waals surface area contributed by atoms with E-state index in [0.29, 0.717) is 36.5 Å². The number of fused-ring (bicyclic) bond motifs is 7. The summed E-state index contributed by atoms with van der Waals surface area (Å²) in [6.45, 7) is 0. The molecule has 2 aromatic carbocycles.